The van der Waals surface area contributed by atoms with Crippen LogP contribution >= 0.6 is 0 Å². The van der Waals surface area contributed by atoms with Crippen LogP contribution in [-0.4, -0.2) is 22.2 Å². The Morgan fingerprint density at radius 2 is 1.96 bits per heavy atom. The molecule has 0 atom stereocenters. The van der Waals surface area contributed by atoms with Crippen molar-refractivity contribution in [3.8, 4) is 0 Å². The van der Waals surface area contributed by atoms with Crippen LogP contribution in [0, 0.1) is 5.92 Å². The first-order valence-electron chi connectivity index (χ1n) is 9.91. The lowest BCUT2D eigenvalue weighted by Gasteiger charge is -2.20. The Morgan fingerprint density at radius 3 is 2.85 bits per heavy atom. The van der Waals surface area contributed by atoms with Crippen LogP contribution in [0.1, 0.15) is 64.8 Å². The van der Waals surface area contributed by atoms with Gasteiger partial charge in [0.25, 0.3) is 0 Å². The average Bonchev–Trinajstić information content (AvgIpc) is 3.34. The first kappa shape index (κ1) is 16.4. The van der Waals surface area contributed by atoms with Crippen molar-refractivity contribution in [1.29, 1.82) is 0 Å². The number of carbonyl (C=O) groups is 1. The summed E-state index contributed by atoms with van der Waals surface area (Å²) in [4.78, 5) is 17.2. The van der Waals surface area contributed by atoms with Crippen molar-refractivity contribution < 1.29 is 4.79 Å². The predicted octanol–water partition coefficient (Wildman–Crippen LogP) is 4.85. The lowest BCUT2D eigenvalue weighted by Crippen LogP contribution is -2.17. The van der Waals surface area contributed by atoms with Crippen LogP contribution in [0.4, 0.5) is 0 Å². The van der Waals surface area contributed by atoms with Gasteiger partial charge in [0.05, 0.1) is 12.1 Å². The van der Waals surface area contributed by atoms with Crippen molar-refractivity contribution in [2.75, 3.05) is 0 Å². The van der Waals surface area contributed by atoms with Crippen LogP contribution in [0.5, 0.6) is 0 Å². The molecule has 1 saturated carbocycles. The Labute approximate surface area is 158 Å². The number of carbonyl (C=O) groups excluding carboxylic acids is 1. The average molecular weight is 357 g/mol. The van der Waals surface area contributed by atoms with Gasteiger partial charge < -0.3 is 0 Å². The molecule has 0 unspecified atom stereocenters. The second-order valence-corrected chi connectivity index (χ2v) is 7.81. The number of H-pyrrole nitrogens is 1. The smallest absolute Gasteiger partial charge is 0.165 e. The number of aliphatic imine (C=N–C) groups is 1. The third kappa shape index (κ3) is 3.09. The molecule has 0 radical (unpaired) electrons. The van der Waals surface area contributed by atoms with Crippen molar-refractivity contribution in [1.82, 2.24) is 10.2 Å². The molecular weight excluding hydrogens is 334 g/mol. The molecule has 4 nitrogen and oxygen atoms in total. The summed E-state index contributed by atoms with van der Waals surface area (Å²) in [5.41, 5.74) is 6.55. The summed E-state index contributed by atoms with van der Waals surface area (Å²) < 4.78 is 0. The highest BCUT2D eigenvalue weighted by molar-refractivity contribution is 6.01. The molecule has 27 heavy (non-hydrogen) atoms. The van der Waals surface area contributed by atoms with Crippen LogP contribution in [0.25, 0.3) is 10.9 Å². The van der Waals surface area contributed by atoms with Crippen molar-refractivity contribution in [2.45, 2.75) is 45.1 Å². The van der Waals surface area contributed by atoms with E-state index in [9.17, 15) is 4.79 Å². The van der Waals surface area contributed by atoms with E-state index in [0.717, 1.165) is 48.0 Å². The molecule has 1 N–H and O–H groups in total. The molecule has 5 rings (SSSR count). The molecule has 1 fully saturated rings. The van der Waals surface area contributed by atoms with Gasteiger partial charge in [-0.25, -0.2) is 0 Å². The minimum absolute atomic E-state index is 0.197. The van der Waals surface area contributed by atoms with Gasteiger partial charge >= 0.3 is 0 Å². The van der Waals surface area contributed by atoms with E-state index in [0.29, 0.717) is 5.78 Å². The summed E-state index contributed by atoms with van der Waals surface area (Å²) in [6, 6.07) is 12.5. The number of ketones is 1. The molecule has 0 spiro atoms. The minimum Gasteiger partial charge on any atom is -0.294 e. The third-order valence-electron chi connectivity index (χ3n) is 5.98. The number of hydrogen-bond acceptors (Lipinski definition) is 3. The first-order valence-corrected chi connectivity index (χ1v) is 9.91. The summed E-state index contributed by atoms with van der Waals surface area (Å²) in [6.45, 7) is 0.787. The topological polar surface area (TPSA) is 58.1 Å². The van der Waals surface area contributed by atoms with Gasteiger partial charge in [-0.2, -0.15) is 5.10 Å². The van der Waals surface area contributed by atoms with Gasteiger partial charge in [-0.1, -0.05) is 31.4 Å². The van der Waals surface area contributed by atoms with Gasteiger partial charge in [0, 0.05) is 35.2 Å². The Balaban J connectivity index is 1.44. The first-order chi connectivity index (χ1) is 13.3. The van der Waals surface area contributed by atoms with Gasteiger partial charge in [0.2, 0.25) is 0 Å². The maximum Gasteiger partial charge on any atom is 0.165 e. The second kappa shape index (κ2) is 6.76. The van der Waals surface area contributed by atoms with Gasteiger partial charge in [-0.05, 0) is 53.8 Å². The van der Waals surface area contributed by atoms with Gasteiger partial charge in [0.15, 0.2) is 5.78 Å². The molecule has 2 aliphatic rings. The monoisotopic (exact) mass is 357 g/mol. The molecule has 0 amide bonds. The van der Waals surface area contributed by atoms with E-state index >= 15 is 0 Å². The van der Waals surface area contributed by atoms with E-state index in [-0.39, 0.29) is 5.92 Å². The maximum atomic E-state index is 12.9. The minimum atomic E-state index is 0.197. The van der Waals surface area contributed by atoms with E-state index in [1.807, 2.05) is 24.4 Å². The fraction of sp³-hybridized carbons (Fsp3) is 0.348. The molecule has 0 bridgehead atoms. The highest BCUT2D eigenvalue weighted by Crippen LogP contribution is 2.29. The number of aromatic amines is 1. The van der Waals surface area contributed by atoms with Crippen molar-refractivity contribution in [2.24, 2.45) is 10.9 Å². The zero-order valence-electron chi connectivity index (χ0n) is 15.4. The second-order valence-electron chi connectivity index (χ2n) is 7.81. The number of nitrogens with one attached hydrogen (secondary N) is 1. The fourth-order valence-electron chi connectivity index (χ4n) is 4.42. The highest BCUT2D eigenvalue weighted by atomic mass is 16.1. The number of aromatic nitrogens is 2. The Hall–Kier alpha value is -2.75. The third-order valence-corrected chi connectivity index (χ3v) is 5.98. The lowest BCUT2D eigenvalue weighted by molar-refractivity contribution is 0.0889. The summed E-state index contributed by atoms with van der Waals surface area (Å²) >= 11 is 0. The molecule has 1 aliphatic carbocycles. The zero-order valence-corrected chi connectivity index (χ0v) is 15.4. The molecular formula is C23H23N3O. The van der Waals surface area contributed by atoms with Crippen LogP contribution < -0.4 is 0 Å². The van der Waals surface area contributed by atoms with Gasteiger partial charge in [-0.3, -0.25) is 14.9 Å². The summed E-state index contributed by atoms with van der Waals surface area (Å²) in [5.74, 6) is 0.500. The van der Waals surface area contributed by atoms with E-state index < -0.39 is 0 Å². The van der Waals surface area contributed by atoms with Crippen molar-refractivity contribution in [3.63, 3.8) is 0 Å². The Bertz CT molecular complexity index is 1040. The number of Topliss-reactive ketones (excluding diaryl/α,β-unsaturated/α-hetero) is 1. The number of nitrogens with zero attached hydrogens (tertiary/aromatic N) is 2. The quantitative estimate of drug-likeness (QED) is 0.679. The van der Waals surface area contributed by atoms with Crippen LogP contribution in [-0.2, 0) is 13.0 Å². The zero-order chi connectivity index (χ0) is 18.2. The largest absolute Gasteiger partial charge is 0.294 e. The fourth-order valence-corrected chi connectivity index (χ4v) is 4.42. The molecule has 2 heterocycles. The van der Waals surface area contributed by atoms with Crippen LogP contribution in [0.2, 0.25) is 0 Å². The molecule has 0 saturated heterocycles. The summed E-state index contributed by atoms with van der Waals surface area (Å²) in [6.07, 6.45) is 8.41. The molecule has 2 aromatic carbocycles. The van der Waals surface area contributed by atoms with Crippen LogP contribution in [0.3, 0.4) is 0 Å². The molecule has 4 heteroatoms. The number of benzene rings is 2. The normalized spacial score (nSPS) is 16.7. The summed E-state index contributed by atoms with van der Waals surface area (Å²) in [5, 5.41) is 8.68. The number of fused-ring (bicyclic) bond motifs is 2. The van der Waals surface area contributed by atoms with E-state index in [1.54, 1.807) is 0 Å². The van der Waals surface area contributed by atoms with E-state index in [1.165, 1.54) is 36.0 Å². The highest BCUT2D eigenvalue weighted by Gasteiger charge is 2.23. The Kier molecular flexibility index (Phi) is 4.12. The maximum absolute atomic E-state index is 12.9. The molecule has 1 aromatic heterocycles. The predicted molar refractivity (Wildman–Crippen MR) is 108 cm³/mol. The van der Waals surface area contributed by atoms with E-state index in [2.05, 4.69) is 33.4 Å². The number of rotatable bonds is 4. The van der Waals surface area contributed by atoms with Crippen LogP contribution in [0.15, 0.2) is 41.4 Å². The van der Waals surface area contributed by atoms with Crippen molar-refractivity contribution in [3.05, 3.63) is 64.3 Å². The summed E-state index contributed by atoms with van der Waals surface area (Å²) in [7, 11) is 0. The molecule has 136 valence electrons. The Morgan fingerprint density at radius 1 is 1.07 bits per heavy atom. The lowest BCUT2D eigenvalue weighted by atomic mass is 9.83. The van der Waals surface area contributed by atoms with Crippen molar-refractivity contribution >= 4 is 22.9 Å². The standard InChI is InChI=1S/C23H23N3O/c27-23(16-4-2-1-3-5-16)17-8-9-21-20(12-17)22(26-25-21)11-15-6-7-18-13-24-14-19(18)10-15/h6-10,12,14,16H,1-5,11,13H2,(H,25,26). The van der Waals surface area contributed by atoms with E-state index in [4.69, 9.17) is 0 Å². The SMILES string of the molecule is O=C(c1ccc2n[nH]c(Cc3ccc4c(c3)C=NC4)c2c1)C1CCCCC1. The number of hydrogen-bond donors (Lipinski definition) is 1. The van der Waals surface area contributed by atoms with Gasteiger partial charge in [-0.15, -0.1) is 0 Å². The molecule has 3 aromatic rings. The van der Waals surface area contributed by atoms with Gasteiger partial charge in [0.1, 0.15) is 0 Å². The molecule has 1 aliphatic heterocycles.